The average Bonchev–Trinajstić information content (AvgIpc) is 2.97. The molecule has 1 amide bonds. The molecular weight excluding hydrogens is 462 g/mol. The molecule has 2 heterocycles. The van der Waals surface area contributed by atoms with Crippen molar-refractivity contribution in [1.29, 1.82) is 0 Å². The molecule has 2 N–H and O–H groups in total. The fourth-order valence-corrected chi connectivity index (χ4v) is 5.96. The second-order valence-electron chi connectivity index (χ2n) is 7.11. The Hall–Kier alpha value is -1.42. The Kier molecular flexibility index (Phi) is 6.48. The smallest absolute Gasteiger partial charge is 0.251 e. The van der Waals surface area contributed by atoms with E-state index < -0.39 is 10.0 Å². The van der Waals surface area contributed by atoms with Crippen LogP contribution in [0.1, 0.15) is 40.7 Å². The van der Waals surface area contributed by atoms with Crippen LogP contribution in [-0.2, 0) is 16.4 Å². The Labute approximate surface area is 178 Å². The third-order valence-corrected chi connectivity index (χ3v) is 7.33. The molecule has 1 aromatic carbocycles. The van der Waals surface area contributed by atoms with Crippen molar-refractivity contribution in [1.82, 2.24) is 10.2 Å². The molecule has 0 spiro atoms. The molecule has 0 bridgehead atoms. The zero-order valence-electron chi connectivity index (χ0n) is 16.0. The second-order valence-corrected chi connectivity index (χ2v) is 11.3. The molecule has 9 heteroatoms. The van der Waals surface area contributed by atoms with Crippen molar-refractivity contribution in [2.75, 3.05) is 24.1 Å². The molecule has 1 aliphatic rings. The number of nitrogens with zero attached hydrogens (tertiary/aromatic N) is 1. The molecule has 2 aromatic rings. The van der Waals surface area contributed by atoms with Crippen molar-refractivity contribution in [3.8, 4) is 0 Å². The monoisotopic (exact) mass is 485 g/mol. The summed E-state index contributed by atoms with van der Waals surface area (Å²) < 4.78 is 26.0. The van der Waals surface area contributed by atoms with Crippen LogP contribution in [0.3, 0.4) is 0 Å². The topological polar surface area (TPSA) is 78.5 Å². The molecule has 1 aliphatic heterocycles. The predicted octanol–water partition coefficient (Wildman–Crippen LogP) is 3.62. The largest absolute Gasteiger partial charge is 0.351 e. The summed E-state index contributed by atoms with van der Waals surface area (Å²) in [5.74, 6) is -0.164. The van der Waals surface area contributed by atoms with Crippen LogP contribution in [0.25, 0.3) is 0 Å². The summed E-state index contributed by atoms with van der Waals surface area (Å²) in [5, 5.41) is 2.96. The first-order valence-corrected chi connectivity index (χ1v) is 12.5. The number of amides is 1. The normalized spacial score (nSPS) is 19.9. The Morgan fingerprint density at radius 1 is 1.29 bits per heavy atom. The van der Waals surface area contributed by atoms with Crippen LogP contribution in [0.15, 0.2) is 34.1 Å². The highest BCUT2D eigenvalue weighted by atomic mass is 79.9. The quantitative estimate of drug-likeness (QED) is 0.654. The van der Waals surface area contributed by atoms with E-state index in [0.29, 0.717) is 29.9 Å². The van der Waals surface area contributed by atoms with Crippen LogP contribution in [0.4, 0.5) is 5.69 Å². The molecule has 0 fully saturated rings. The van der Waals surface area contributed by atoms with Gasteiger partial charge in [0.2, 0.25) is 10.0 Å². The number of carbonyl (C=O) groups is 1. The van der Waals surface area contributed by atoms with Crippen LogP contribution in [-0.4, -0.2) is 44.6 Å². The number of nitrogens with one attached hydrogen (secondary N) is 2. The van der Waals surface area contributed by atoms with Gasteiger partial charge in [-0.3, -0.25) is 14.4 Å². The first kappa shape index (κ1) is 21.3. The Balaban J connectivity index is 1.55. The summed E-state index contributed by atoms with van der Waals surface area (Å²) in [7, 11) is -3.33. The molecule has 0 saturated carbocycles. The molecule has 2 atom stereocenters. The molecule has 3 rings (SSSR count). The van der Waals surface area contributed by atoms with Crippen LogP contribution in [0.5, 0.6) is 0 Å². The van der Waals surface area contributed by atoms with Gasteiger partial charge >= 0.3 is 0 Å². The first-order chi connectivity index (χ1) is 13.1. The highest BCUT2D eigenvalue weighted by Gasteiger charge is 2.30. The van der Waals surface area contributed by atoms with E-state index in [9.17, 15) is 13.2 Å². The maximum absolute atomic E-state index is 12.4. The van der Waals surface area contributed by atoms with Crippen molar-refractivity contribution in [2.24, 2.45) is 0 Å². The molecule has 0 aliphatic carbocycles. The van der Waals surface area contributed by atoms with Gasteiger partial charge in [0.05, 0.1) is 10.0 Å². The summed E-state index contributed by atoms with van der Waals surface area (Å²) in [6, 6.07) is 9.36. The minimum atomic E-state index is -3.33. The molecular formula is C19H24BrN3O3S2. The van der Waals surface area contributed by atoms with Crippen molar-refractivity contribution in [3.05, 3.63) is 50.1 Å². The molecule has 152 valence electrons. The Morgan fingerprint density at radius 2 is 1.96 bits per heavy atom. The SMILES string of the molecule is CC1Cc2cc(Br)sc2C(C)N1CCNC(=O)c1ccc(NS(C)(=O)=O)cc1. The third kappa shape index (κ3) is 5.14. The molecule has 0 radical (unpaired) electrons. The third-order valence-electron chi connectivity index (χ3n) is 4.88. The van der Waals surface area contributed by atoms with Gasteiger partial charge in [-0.15, -0.1) is 11.3 Å². The first-order valence-electron chi connectivity index (χ1n) is 9.04. The fraction of sp³-hybridized carbons (Fsp3) is 0.421. The lowest BCUT2D eigenvalue weighted by atomic mass is 9.97. The lowest BCUT2D eigenvalue weighted by molar-refractivity contribution is 0.0930. The highest BCUT2D eigenvalue weighted by Crippen LogP contribution is 2.39. The maximum Gasteiger partial charge on any atom is 0.251 e. The van der Waals surface area contributed by atoms with Gasteiger partial charge in [0.1, 0.15) is 0 Å². The van der Waals surface area contributed by atoms with E-state index in [1.54, 1.807) is 35.6 Å². The van der Waals surface area contributed by atoms with E-state index in [0.717, 1.165) is 19.2 Å². The zero-order valence-corrected chi connectivity index (χ0v) is 19.2. The highest BCUT2D eigenvalue weighted by molar-refractivity contribution is 9.11. The van der Waals surface area contributed by atoms with Crippen molar-refractivity contribution in [2.45, 2.75) is 32.4 Å². The molecule has 6 nitrogen and oxygen atoms in total. The minimum Gasteiger partial charge on any atom is -0.351 e. The van der Waals surface area contributed by atoms with Gasteiger partial charge in [0, 0.05) is 41.3 Å². The average molecular weight is 486 g/mol. The summed E-state index contributed by atoms with van der Waals surface area (Å²) in [5.41, 5.74) is 2.36. The number of rotatable bonds is 6. The summed E-state index contributed by atoms with van der Waals surface area (Å²) in [4.78, 5) is 16.2. The van der Waals surface area contributed by atoms with Gasteiger partial charge in [-0.1, -0.05) is 0 Å². The Bertz CT molecular complexity index is 957. The van der Waals surface area contributed by atoms with Crippen LogP contribution < -0.4 is 10.0 Å². The van der Waals surface area contributed by atoms with Gasteiger partial charge in [0.25, 0.3) is 5.91 Å². The standard InChI is InChI=1S/C19H24BrN3O3S2/c1-12-10-15-11-17(20)27-18(15)13(2)23(12)9-8-21-19(24)14-4-6-16(7-5-14)22-28(3,25)26/h4-7,11-13,22H,8-10H2,1-3H3,(H,21,24). The van der Waals surface area contributed by atoms with E-state index >= 15 is 0 Å². The summed E-state index contributed by atoms with van der Waals surface area (Å²) >= 11 is 5.37. The zero-order chi connectivity index (χ0) is 20.5. The predicted molar refractivity (Wildman–Crippen MR) is 118 cm³/mol. The van der Waals surface area contributed by atoms with Crippen LogP contribution in [0.2, 0.25) is 0 Å². The number of carbonyl (C=O) groups excluding carboxylic acids is 1. The fourth-order valence-electron chi connectivity index (χ4n) is 3.61. The van der Waals surface area contributed by atoms with Gasteiger partial charge in [-0.25, -0.2) is 8.42 Å². The number of halogens is 1. The van der Waals surface area contributed by atoms with Gasteiger partial charge in [-0.05, 0) is 72.1 Å². The lowest BCUT2D eigenvalue weighted by Gasteiger charge is -2.38. The summed E-state index contributed by atoms with van der Waals surface area (Å²) in [6.07, 6.45) is 2.11. The Morgan fingerprint density at radius 3 is 2.61 bits per heavy atom. The summed E-state index contributed by atoms with van der Waals surface area (Å²) in [6.45, 7) is 5.77. The van der Waals surface area contributed by atoms with Crippen molar-refractivity contribution in [3.63, 3.8) is 0 Å². The number of sulfonamides is 1. The molecule has 28 heavy (non-hydrogen) atoms. The maximum atomic E-state index is 12.4. The van der Waals surface area contributed by atoms with Crippen molar-refractivity contribution >= 4 is 48.9 Å². The number of hydrogen-bond acceptors (Lipinski definition) is 5. The lowest BCUT2D eigenvalue weighted by Crippen LogP contribution is -2.44. The molecule has 2 unspecified atom stereocenters. The molecule has 0 saturated heterocycles. The van der Waals surface area contributed by atoms with E-state index in [1.807, 2.05) is 0 Å². The number of hydrogen-bond donors (Lipinski definition) is 2. The molecule has 1 aromatic heterocycles. The van der Waals surface area contributed by atoms with E-state index in [2.05, 4.69) is 50.8 Å². The van der Waals surface area contributed by atoms with Gasteiger partial charge in [-0.2, -0.15) is 0 Å². The van der Waals surface area contributed by atoms with Gasteiger partial charge in [0.15, 0.2) is 0 Å². The minimum absolute atomic E-state index is 0.164. The van der Waals surface area contributed by atoms with Crippen LogP contribution >= 0.6 is 27.3 Å². The second kappa shape index (κ2) is 8.52. The van der Waals surface area contributed by atoms with Crippen LogP contribution in [0, 0.1) is 0 Å². The van der Waals surface area contributed by atoms with E-state index in [-0.39, 0.29) is 5.91 Å². The van der Waals surface area contributed by atoms with Crippen molar-refractivity contribution < 1.29 is 13.2 Å². The number of anilines is 1. The van der Waals surface area contributed by atoms with E-state index in [4.69, 9.17) is 0 Å². The van der Waals surface area contributed by atoms with Gasteiger partial charge < -0.3 is 5.32 Å². The number of fused-ring (bicyclic) bond motifs is 1. The number of benzene rings is 1. The van der Waals surface area contributed by atoms with E-state index in [1.165, 1.54) is 14.2 Å². The number of thiophene rings is 1.